The van der Waals surface area contributed by atoms with Gasteiger partial charge in [0, 0.05) is 52.7 Å². The van der Waals surface area contributed by atoms with Crippen molar-refractivity contribution in [1.82, 2.24) is 4.98 Å². The van der Waals surface area contributed by atoms with Crippen molar-refractivity contribution in [3.8, 4) is 11.3 Å². The SMILES string of the molecule is C=C[C@]1(C)C[C@@H](OC(=O)CSc2nc(-c3cc[n+](CCCCCCCCCC)cc3)cs2)[C@]2(C)[C@H](C)CC[C@]3(CCC(=O)[C@H]32)[C@@H](C)[C@@H]1O.[Br-]. The van der Waals surface area contributed by atoms with Crippen LogP contribution in [0.1, 0.15) is 118 Å². The minimum atomic E-state index is -0.664. The van der Waals surface area contributed by atoms with E-state index in [9.17, 15) is 14.7 Å². The van der Waals surface area contributed by atoms with Crippen LogP contribution in [0.15, 0.2) is 46.9 Å². The molecule has 8 atom stereocenters. The van der Waals surface area contributed by atoms with Gasteiger partial charge in [-0.2, -0.15) is 0 Å². The third-order valence-electron chi connectivity index (χ3n) is 12.8. The number of aliphatic hydroxyl groups excluding tert-OH is 1. The average Bonchev–Trinajstić information content (AvgIpc) is 3.71. The number of hydrogen-bond donors (Lipinski definition) is 1. The minimum Gasteiger partial charge on any atom is -1.00 e. The van der Waals surface area contributed by atoms with Gasteiger partial charge in [0.1, 0.15) is 18.4 Å². The number of aromatic nitrogens is 2. The van der Waals surface area contributed by atoms with E-state index >= 15 is 0 Å². The Balaban J connectivity index is 0.00000541. The highest BCUT2D eigenvalue weighted by Gasteiger charge is 2.68. The van der Waals surface area contributed by atoms with Crippen LogP contribution in [-0.4, -0.2) is 39.8 Å². The lowest BCUT2D eigenvalue weighted by atomic mass is 9.44. The molecule has 0 aliphatic heterocycles. The summed E-state index contributed by atoms with van der Waals surface area (Å²) in [5, 5.41) is 13.8. The molecule has 2 heterocycles. The van der Waals surface area contributed by atoms with Crippen LogP contribution in [0.4, 0.5) is 0 Å². The van der Waals surface area contributed by atoms with Crippen LogP contribution in [0.2, 0.25) is 0 Å². The molecular formula is C40H59BrN2O4S2. The third kappa shape index (κ3) is 8.41. The number of pyridine rings is 1. The van der Waals surface area contributed by atoms with Gasteiger partial charge < -0.3 is 26.8 Å². The van der Waals surface area contributed by atoms with E-state index in [-0.39, 0.29) is 57.7 Å². The molecule has 2 bridgehead atoms. The number of Topliss-reactive ketones (excluding diaryl/α,β-unsaturated/α-hetero) is 1. The molecule has 3 saturated carbocycles. The van der Waals surface area contributed by atoms with Gasteiger partial charge in [0.05, 0.1) is 17.6 Å². The predicted octanol–water partition coefficient (Wildman–Crippen LogP) is 6.24. The number of unbranched alkanes of at least 4 members (excludes halogenated alkanes) is 7. The maximum Gasteiger partial charge on any atom is 0.316 e. The van der Waals surface area contributed by atoms with E-state index < -0.39 is 23.0 Å². The standard InChI is InChI=1S/C40H59N2O4S2.BrH/c1-7-9-10-11-12-13-14-15-22-42-23-18-30(19-24-42)31-26-47-37(41-31)48-27-34(44)46-33-25-38(5,8-2)36(45)29(4)40-20-16-28(3)39(33,6)35(40)32(43)17-21-40;/h8,18-19,23-24,26,28-29,33,35-36,45H,2,7,9-17,20-22,25,27H2,1,3-6H3;1H/q+1;/p-1/t28-,29+,33-,35+,36+,38-,39+,40+;/m1./s1. The van der Waals surface area contributed by atoms with Gasteiger partial charge in [-0.1, -0.05) is 91.0 Å². The molecule has 3 aliphatic rings. The fourth-order valence-corrected chi connectivity index (χ4v) is 11.1. The molecule has 0 spiro atoms. The summed E-state index contributed by atoms with van der Waals surface area (Å²) in [5.41, 5.74) is 0.578. The number of aryl methyl sites for hydroxylation is 1. The van der Waals surface area contributed by atoms with Gasteiger partial charge in [0.2, 0.25) is 0 Å². The average molecular weight is 776 g/mol. The fourth-order valence-electron chi connectivity index (χ4n) is 9.48. The lowest BCUT2D eigenvalue weighted by Crippen LogP contribution is -3.00. The molecule has 9 heteroatoms. The zero-order valence-electron chi connectivity index (χ0n) is 30.4. The molecule has 0 amide bonds. The number of aliphatic hydroxyl groups is 1. The van der Waals surface area contributed by atoms with Gasteiger partial charge >= 0.3 is 5.97 Å². The van der Waals surface area contributed by atoms with Crippen LogP contribution in [0.3, 0.4) is 0 Å². The molecule has 5 rings (SSSR count). The van der Waals surface area contributed by atoms with Gasteiger partial charge in [-0.05, 0) is 49.4 Å². The van der Waals surface area contributed by atoms with Crippen molar-refractivity contribution in [3.05, 3.63) is 42.6 Å². The normalized spacial score (nSPS) is 32.4. The first-order valence-electron chi connectivity index (χ1n) is 18.6. The van der Waals surface area contributed by atoms with Crippen molar-refractivity contribution in [2.45, 2.75) is 141 Å². The number of ketones is 1. The number of thioether (sulfide) groups is 1. The summed E-state index contributed by atoms with van der Waals surface area (Å²) in [6.07, 6.45) is 19.2. The Morgan fingerprint density at radius 1 is 1.12 bits per heavy atom. The number of thiazole rings is 1. The Morgan fingerprint density at radius 3 is 2.47 bits per heavy atom. The van der Waals surface area contributed by atoms with Crippen molar-refractivity contribution >= 4 is 34.9 Å². The predicted molar refractivity (Wildman–Crippen MR) is 196 cm³/mol. The van der Waals surface area contributed by atoms with Crippen molar-refractivity contribution in [2.24, 2.45) is 34.0 Å². The van der Waals surface area contributed by atoms with Gasteiger partial charge in [0.25, 0.3) is 0 Å². The second-order valence-corrected chi connectivity index (χ2v) is 17.7. The molecule has 0 radical (unpaired) electrons. The first-order chi connectivity index (χ1) is 23.0. The third-order valence-corrected chi connectivity index (χ3v) is 14.8. The van der Waals surface area contributed by atoms with Crippen molar-refractivity contribution in [3.63, 3.8) is 0 Å². The molecule has 272 valence electrons. The molecule has 3 aliphatic carbocycles. The molecule has 0 aromatic carbocycles. The highest BCUT2D eigenvalue weighted by molar-refractivity contribution is 8.01. The zero-order valence-corrected chi connectivity index (χ0v) is 33.6. The summed E-state index contributed by atoms with van der Waals surface area (Å²) in [7, 11) is 0. The molecule has 49 heavy (non-hydrogen) atoms. The van der Waals surface area contributed by atoms with Crippen molar-refractivity contribution < 1.29 is 41.0 Å². The Bertz CT molecular complexity index is 1420. The Morgan fingerprint density at radius 2 is 1.80 bits per heavy atom. The Hall–Kier alpha value is -1.55. The van der Waals surface area contributed by atoms with Crippen LogP contribution in [0.25, 0.3) is 11.3 Å². The van der Waals surface area contributed by atoms with E-state index in [0.29, 0.717) is 12.8 Å². The molecule has 6 nitrogen and oxygen atoms in total. The topological polar surface area (TPSA) is 80.4 Å². The van der Waals surface area contributed by atoms with Gasteiger partial charge in [-0.15, -0.1) is 17.9 Å². The van der Waals surface area contributed by atoms with Gasteiger partial charge in [-0.25, -0.2) is 9.55 Å². The van der Waals surface area contributed by atoms with Crippen molar-refractivity contribution in [1.29, 1.82) is 0 Å². The smallest absolute Gasteiger partial charge is 0.316 e. The van der Waals surface area contributed by atoms with E-state index in [4.69, 9.17) is 9.72 Å². The minimum absolute atomic E-state index is 0. The molecule has 1 N–H and O–H groups in total. The molecule has 2 aromatic heterocycles. The molecule has 0 unspecified atom stereocenters. The second kappa shape index (κ2) is 17.3. The molecule has 3 fully saturated rings. The van der Waals surface area contributed by atoms with Crippen LogP contribution in [-0.2, 0) is 20.9 Å². The van der Waals surface area contributed by atoms with Gasteiger partial charge in [0.15, 0.2) is 16.7 Å². The quantitative estimate of drug-likeness (QED) is 0.0760. The first kappa shape index (κ1) is 40.2. The summed E-state index contributed by atoms with van der Waals surface area (Å²) in [4.78, 5) is 32.0. The highest BCUT2D eigenvalue weighted by Crippen LogP contribution is 2.68. The number of rotatable bonds is 15. The van der Waals surface area contributed by atoms with Crippen molar-refractivity contribution in [2.75, 3.05) is 5.75 Å². The highest BCUT2D eigenvalue weighted by atomic mass is 79.9. The summed E-state index contributed by atoms with van der Waals surface area (Å²) >= 11 is 2.95. The molecule has 0 saturated heterocycles. The molecule has 2 aromatic rings. The van der Waals surface area contributed by atoms with Crippen LogP contribution >= 0.6 is 23.1 Å². The fraction of sp³-hybridized carbons (Fsp3) is 0.700. The van der Waals surface area contributed by atoms with Crippen LogP contribution in [0.5, 0.6) is 0 Å². The number of esters is 1. The monoisotopic (exact) mass is 774 g/mol. The number of carbonyl (C=O) groups excluding carboxylic acids is 2. The van der Waals surface area contributed by atoms with E-state index in [1.54, 1.807) is 11.3 Å². The lowest BCUT2D eigenvalue weighted by molar-refractivity contribution is -0.697. The van der Waals surface area contributed by atoms with Crippen LogP contribution in [0, 0.1) is 34.0 Å². The summed E-state index contributed by atoms with van der Waals surface area (Å²) < 4.78 is 9.50. The summed E-state index contributed by atoms with van der Waals surface area (Å²) in [6.45, 7) is 16.0. The number of carbonyl (C=O) groups is 2. The Labute approximate surface area is 314 Å². The van der Waals surface area contributed by atoms with E-state index in [1.807, 2.05) is 13.0 Å². The van der Waals surface area contributed by atoms with E-state index in [1.165, 1.54) is 63.1 Å². The van der Waals surface area contributed by atoms with Gasteiger partial charge in [-0.3, -0.25) is 9.59 Å². The van der Waals surface area contributed by atoms with Crippen LogP contribution < -0.4 is 21.5 Å². The Kier molecular flexibility index (Phi) is 14.2. The number of ether oxygens (including phenoxy) is 1. The number of nitrogens with zero attached hydrogens (tertiary/aromatic N) is 2. The van der Waals surface area contributed by atoms with E-state index in [0.717, 1.165) is 41.4 Å². The number of halogens is 1. The molecular weight excluding hydrogens is 716 g/mol. The second-order valence-electron chi connectivity index (χ2n) is 15.7. The maximum atomic E-state index is 13.6. The first-order valence-corrected chi connectivity index (χ1v) is 20.5. The summed E-state index contributed by atoms with van der Waals surface area (Å²) in [5.74, 6) is 0.0774. The summed E-state index contributed by atoms with van der Waals surface area (Å²) in [6, 6.07) is 4.25. The zero-order chi connectivity index (χ0) is 34.5. The lowest BCUT2D eigenvalue weighted by Gasteiger charge is -2.61. The van der Waals surface area contributed by atoms with E-state index in [2.05, 4.69) is 68.7 Å². The largest absolute Gasteiger partial charge is 1.00 e. The maximum absolute atomic E-state index is 13.6. The number of hydrogen-bond acceptors (Lipinski definition) is 7.